The molecule has 0 aromatic carbocycles. The molecule has 8 heteroatoms. The molecule has 2 aromatic rings. The van der Waals surface area contributed by atoms with Crippen LogP contribution in [0.1, 0.15) is 12.8 Å². The first-order valence-electron chi connectivity index (χ1n) is 7.14. The van der Waals surface area contributed by atoms with E-state index in [0.717, 1.165) is 25.9 Å². The molecule has 0 atom stereocenters. The van der Waals surface area contributed by atoms with E-state index in [1.54, 1.807) is 24.8 Å². The molecular weight excluding hydrogens is 302 g/mol. The van der Waals surface area contributed by atoms with Crippen molar-refractivity contribution in [3.63, 3.8) is 0 Å². The van der Waals surface area contributed by atoms with Gasteiger partial charge in [-0.1, -0.05) is 0 Å². The number of hydrogen-bond donors (Lipinski definition) is 1. The molecule has 1 N–H and O–H groups in total. The van der Waals surface area contributed by atoms with E-state index < -0.39 is 0 Å². The summed E-state index contributed by atoms with van der Waals surface area (Å²) in [7, 11) is 0. The number of carbonyl (C=O) groups excluding carboxylic acids is 1. The number of piperidine rings is 1. The highest BCUT2D eigenvalue weighted by Crippen LogP contribution is 2.16. The molecule has 3 rings (SSSR count). The maximum Gasteiger partial charge on any atom is 0.240 e. The van der Waals surface area contributed by atoms with Crippen LogP contribution in [0.2, 0.25) is 0 Å². The molecule has 2 aromatic heterocycles. The summed E-state index contributed by atoms with van der Waals surface area (Å²) in [6.07, 6.45) is 8.42. The summed E-state index contributed by atoms with van der Waals surface area (Å²) in [6.45, 7) is 2.05. The van der Waals surface area contributed by atoms with Gasteiger partial charge in [-0.2, -0.15) is 0 Å². The minimum atomic E-state index is -0.0248. The second-order valence-electron chi connectivity index (χ2n) is 5.02. The van der Waals surface area contributed by atoms with Crippen molar-refractivity contribution in [1.82, 2.24) is 19.9 Å². The lowest BCUT2D eigenvalue weighted by molar-refractivity contribution is -0.117. The van der Waals surface area contributed by atoms with Gasteiger partial charge in [0, 0.05) is 37.1 Å². The van der Waals surface area contributed by atoms with Crippen molar-refractivity contribution in [1.29, 1.82) is 0 Å². The van der Waals surface area contributed by atoms with Gasteiger partial charge < -0.3 is 10.1 Å². The number of ether oxygens (including phenoxy) is 1. The van der Waals surface area contributed by atoms with Crippen LogP contribution in [0.15, 0.2) is 30.2 Å². The SMILES string of the molecule is O=C(CN1CCC(Oc2cnccn2)CC1)Nc1nccs1. The number of anilines is 1. The largest absolute Gasteiger partial charge is 0.473 e. The Morgan fingerprint density at radius 3 is 2.86 bits per heavy atom. The Morgan fingerprint density at radius 1 is 1.32 bits per heavy atom. The van der Waals surface area contributed by atoms with Crippen LogP contribution >= 0.6 is 11.3 Å². The van der Waals surface area contributed by atoms with Gasteiger partial charge in [0.25, 0.3) is 0 Å². The van der Waals surface area contributed by atoms with Gasteiger partial charge in [-0.3, -0.25) is 14.7 Å². The number of rotatable bonds is 5. The molecule has 22 heavy (non-hydrogen) atoms. The van der Waals surface area contributed by atoms with Gasteiger partial charge in [0.1, 0.15) is 6.10 Å². The number of hydrogen-bond acceptors (Lipinski definition) is 7. The number of nitrogens with one attached hydrogen (secondary N) is 1. The fourth-order valence-electron chi connectivity index (χ4n) is 2.35. The zero-order valence-electron chi connectivity index (χ0n) is 12.0. The monoisotopic (exact) mass is 319 g/mol. The van der Waals surface area contributed by atoms with E-state index in [1.807, 2.05) is 5.38 Å². The maximum absolute atomic E-state index is 11.9. The summed E-state index contributed by atoms with van der Waals surface area (Å²) < 4.78 is 5.78. The molecule has 0 radical (unpaired) electrons. The summed E-state index contributed by atoms with van der Waals surface area (Å²) in [4.78, 5) is 26.2. The lowest BCUT2D eigenvalue weighted by atomic mass is 10.1. The van der Waals surface area contributed by atoms with Crippen molar-refractivity contribution in [3.8, 4) is 5.88 Å². The predicted molar refractivity (Wildman–Crippen MR) is 82.9 cm³/mol. The highest BCUT2D eigenvalue weighted by Gasteiger charge is 2.22. The maximum atomic E-state index is 11.9. The van der Waals surface area contributed by atoms with Gasteiger partial charge in [-0.15, -0.1) is 11.3 Å². The number of carbonyl (C=O) groups is 1. The molecule has 1 aliphatic heterocycles. The molecule has 0 saturated carbocycles. The highest BCUT2D eigenvalue weighted by atomic mass is 32.1. The third kappa shape index (κ3) is 4.22. The minimum Gasteiger partial charge on any atom is -0.473 e. The average Bonchev–Trinajstić information content (AvgIpc) is 3.03. The Bertz CT molecular complexity index is 585. The van der Waals surface area contributed by atoms with Crippen LogP contribution in [0.4, 0.5) is 5.13 Å². The standard InChI is InChI=1S/C14H17N5O2S/c20-12(18-14-17-5-8-22-14)10-19-6-1-11(2-7-19)21-13-9-15-3-4-16-13/h3-5,8-9,11H,1-2,6-7,10H2,(H,17,18,20). The molecule has 3 heterocycles. The number of aromatic nitrogens is 3. The molecule has 1 amide bonds. The summed E-state index contributed by atoms with van der Waals surface area (Å²) in [5.41, 5.74) is 0. The Balaban J connectivity index is 1.41. The molecule has 0 spiro atoms. The first kappa shape index (κ1) is 14.9. The molecule has 1 fully saturated rings. The van der Waals surface area contributed by atoms with Gasteiger partial charge in [0.2, 0.25) is 11.8 Å². The Kier molecular flexibility index (Phi) is 4.92. The quantitative estimate of drug-likeness (QED) is 0.897. The zero-order chi connectivity index (χ0) is 15.2. The Hall–Kier alpha value is -2.06. The fraction of sp³-hybridized carbons (Fsp3) is 0.429. The van der Waals surface area contributed by atoms with E-state index in [4.69, 9.17) is 4.74 Å². The Morgan fingerprint density at radius 2 is 2.18 bits per heavy atom. The molecule has 1 aliphatic rings. The van der Waals surface area contributed by atoms with Gasteiger partial charge >= 0.3 is 0 Å². The predicted octanol–water partition coefficient (Wildman–Crippen LogP) is 1.41. The van der Waals surface area contributed by atoms with E-state index in [2.05, 4.69) is 25.2 Å². The number of thiazole rings is 1. The second kappa shape index (κ2) is 7.28. The summed E-state index contributed by atoms with van der Waals surface area (Å²) >= 11 is 1.42. The fourth-order valence-corrected chi connectivity index (χ4v) is 2.89. The Labute approximate surface area is 132 Å². The molecule has 1 saturated heterocycles. The van der Waals surface area contributed by atoms with Crippen molar-refractivity contribution < 1.29 is 9.53 Å². The van der Waals surface area contributed by atoms with Gasteiger partial charge in [0.15, 0.2) is 5.13 Å². The van der Waals surface area contributed by atoms with Crippen molar-refractivity contribution in [2.75, 3.05) is 25.0 Å². The van der Waals surface area contributed by atoms with E-state index in [-0.39, 0.29) is 12.0 Å². The van der Waals surface area contributed by atoms with Crippen LogP contribution in [0, 0.1) is 0 Å². The van der Waals surface area contributed by atoms with E-state index in [0.29, 0.717) is 17.6 Å². The number of amides is 1. The van der Waals surface area contributed by atoms with Crippen molar-refractivity contribution >= 4 is 22.4 Å². The molecule has 0 unspecified atom stereocenters. The number of nitrogens with zero attached hydrogens (tertiary/aromatic N) is 4. The summed E-state index contributed by atoms with van der Waals surface area (Å²) in [5, 5.41) is 5.28. The van der Waals surface area contributed by atoms with Gasteiger partial charge in [0.05, 0.1) is 12.7 Å². The third-order valence-electron chi connectivity index (χ3n) is 3.41. The normalized spacial score (nSPS) is 16.4. The smallest absolute Gasteiger partial charge is 0.240 e. The minimum absolute atomic E-state index is 0.0248. The topological polar surface area (TPSA) is 80.2 Å². The van der Waals surface area contributed by atoms with Crippen LogP contribution in [0.25, 0.3) is 0 Å². The van der Waals surface area contributed by atoms with Crippen LogP contribution in [0.3, 0.4) is 0 Å². The second-order valence-corrected chi connectivity index (χ2v) is 5.92. The molecule has 0 bridgehead atoms. The first-order chi connectivity index (χ1) is 10.8. The van der Waals surface area contributed by atoms with E-state index in [1.165, 1.54) is 11.3 Å². The van der Waals surface area contributed by atoms with Gasteiger partial charge in [-0.05, 0) is 12.8 Å². The van der Waals surface area contributed by atoms with E-state index >= 15 is 0 Å². The van der Waals surface area contributed by atoms with Crippen molar-refractivity contribution in [2.45, 2.75) is 18.9 Å². The lowest BCUT2D eigenvalue weighted by Gasteiger charge is -2.31. The number of likely N-dealkylation sites (tertiary alicyclic amines) is 1. The van der Waals surface area contributed by atoms with Crippen molar-refractivity contribution in [3.05, 3.63) is 30.2 Å². The average molecular weight is 319 g/mol. The molecule has 0 aliphatic carbocycles. The summed E-state index contributed by atoms with van der Waals surface area (Å²) in [6, 6.07) is 0. The van der Waals surface area contributed by atoms with Crippen LogP contribution < -0.4 is 10.1 Å². The van der Waals surface area contributed by atoms with Gasteiger partial charge in [-0.25, -0.2) is 9.97 Å². The lowest BCUT2D eigenvalue weighted by Crippen LogP contribution is -2.42. The molecular formula is C14H17N5O2S. The van der Waals surface area contributed by atoms with Crippen molar-refractivity contribution in [2.24, 2.45) is 0 Å². The highest BCUT2D eigenvalue weighted by molar-refractivity contribution is 7.13. The molecule has 7 nitrogen and oxygen atoms in total. The van der Waals surface area contributed by atoms with Crippen LogP contribution in [-0.4, -0.2) is 51.5 Å². The summed E-state index contributed by atoms with van der Waals surface area (Å²) in [5.74, 6) is 0.533. The van der Waals surface area contributed by atoms with E-state index in [9.17, 15) is 4.79 Å². The zero-order valence-corrected chi connectivity index (χ0v) is 12.8. The van der Waals surface area contributed by atoms with Crippen LogP contribution in [0.5, 0.6) is 5.88 Å². The van der Waals surface area contributed by atoms with Crippen LogP contribution in [-0.2, 0) is 4.79 Å². The first-order valence-corrected chi connectivity index (χ1v) is 8.02. The molecule has 116 valence electrons. The third-order valence-corrected chi connectivity index (χ3v) is 4.10.